The molecule has 0 spiro atoms. The minimum Gasteiger partial charge on any atom is -0.444 e. The normalized spacial score (nSPS) is 13.9. The quantitative estimate of drug-likeness (QED) is 0.250. The number of hydrogen-bond acceptors (Lipinski definition) is 4. The van der Waals surface area contributed by atoms with Crippen LogP contribution in [0.2, 0.25) is 5.04 Å². The molecule has 6 heteroatoms. The molecule has 0 bridgehead atoms. The zero-order valence-corrected chi connectivity index (χ0v) is 26.3. The maximum absolute atomic E-state index is 12.7. The molecule has 1 N–H and O–H groups in total. The van der Waals surface area contributed by atoms with Gasteiger partial charge in [-0.1, -0.05) is 119 Å². The van der Waals surface area contributed by atoms with Crippen molar-refractivity contribution in [3.05, 3.63) is 96.6 Å². The van der Waals surface area contributed by atoms with Crippen LogP contribution in [0.3, 0.4) is 0 Å². The fourth-order valence-electron chi connectivity index (χ4n) is 5.05. The molecule has 0 saturated carbocycles. The second-order valence-corrected chi connectivity index (χ2v) is 16.8. The Labute approximate surface area is 242 Å². The topological polar surface area (TPSA) is 56.8 Å². The molecule has 216 valence electrons. The van der Waals surface area contributed by atoms with Crippen molar-refractivity contribution in [2.24, 2.45) is 5.92 Å². The minimum atomic E-state index is -2.63. The molecular weight excluding hydrogens is 514 g/mol. The standard InChI is InChI=1S/C34H47NO4Si/c1-27(31(35-32(36)39-33(2,3)4)26-37-25-28-17-11-8-12-18-28)23-24-38-40(34(5,6)7,29-19-13-9-14-20-29)30-21-15-10-16-22-30/h8-22,27,31H,23-26H2,1-7H3,(H,35,36)/t27-,31-/m0/s1. The average Bonchev–Trinajstić information content (AvgIpc) is 2.90. The number of ether oxygens (including phenoxy) is 2. The van der Waals surface area contributed by atoms with Crippen molar-refractivity contribution < 1.29 is 18.7 Å². The summed E-state index contributed by atoms with van der Waals surface area (Å²) in [7, 11) is -2.63. The molecule has 5 nitrogen and oxygen atoms in total. The van der Waals surface area contributed by atoms with Crippen molar-refractivity contribution in [1.29, 1.82) is 0 Å². The Bertz CT molecular complexity index is 1120. The van der Waals surface area contributed by atoms with E-state index in [0.717, 1.165) is 12.0 Å². The second kappa shape index (κ2) is 14.1. The number of carbonyl (C=O) groups excluding carboxylic acids is 1. The lowest BCUT2D eigenvalue weighted by molar-refractivity contribution is 0.0366. The molecule has 0 aliphatic rings. The van der Waals surface area contributed by atoms with Gasteiger partial charge in [0.15, 0.2) is 0 Å². The van der Waals surface area contributed by atoms with Crippen molar-refractivity contribution in [3.8, 4) is 0 Å². The number of benzene rings is 3. The van der Waals surface area contributed by atoms with E-state index in [4.69, 9.17) is 13.9 Å². The predicted octanol–water partition coefficient (Wildman–Crippen LogP) is 6.70. The minimum absolute atomic E-state index is 0.0914. The third-order valence-corrected chi connectivity index (χ3v) is 12.1. The Morgan fingerprint density at radius 3 is 1.77 bits per heavy atom. The van der Waals surface area contributed by atoms with Crippen LogP contribution in [-0.4, -0.2) is 39.3 Å². The molecular formula is C34H47NO4Si. The van der Waals surface area contributed by atoms with Gasteiger partial charge in [-0.05, 0) is 54.1 Å². The molecule has 0 fully saturated rings. The number of alkyl carbamates (subject to hydrolysis) is 1. The summed E-state index contributed by atoms with van der Waals surface area (Å²) in [6.07, 6.45) is 0.334. The third-order valence-electron chi connectivity index (χ3n) is 7.11. The number of amides is 1. The SMILES string of the molecule is C[C@@H](CCO[Si](c1ccccc1)(c1ccccc1)C(C)(C)C)[C@H](COCc1ccccc1)NC(=O)OC(C)(C)C. The maximum Gasteiger partial charge on any atom is 0.407 e. The Kier molecular flexibility index (Phi) is 11.1. The first kappa shape index (κ1) is 31.6. The largest absolute Gasteiger partial charge is 0.444 e. The van der Waals surface area contributed by atoms with E-state index in [1.165, 1.54) is 10.4 Å². The Morgan fingerprint density at radius 1 is 0.800 bits per heavy atom. The van der Waals surface area contributed by atoms with E-state index in [2.05, 4.69) is 93.7 Å². The van der Waals surface area contributed by atoms with Crippen molar-refractivity contribution >= 4 is 24.8 Å². The van der Waals surface area contributed by atoms with E-state index >= 15 is 0 Å². The van der Waals surface area contributed by atoms with Crippen LogP contribution in [-0.2, 0) is 20.5 Å². The molecule has 0 aliphatic heterocycles. The highest BCUT2D eigenvalue weighted by atomic mass is 28.4. The van der Waals surface area contributed by atoms with Gasteiger partial charge in [-0.2, -0.15) is 0 Å². The van der Waals surface area contributed by atoms with Gasteiger partial charge in [0.2, 0.25) is 0 Å². The van der Waals surface area contributed by atoms with Gasteiger partial charge in [-0.3, -0.25) is 0 Å². The molecule has 0 radical (unpaired) electrons. The smallest absolute Gasteiger partial charge is 0.407 e. The van der Waals surface area contributed by atoms with Crippen LogP contribution in [0.25, 0.3) is 0 Å². The molecule has 0 saturated heterocycles. The van der Waals surface area contributed by atoms with Crippen molar-refractivity contribution in [3.63, 3.8) is 0 Å². The lowest BCUT2D eigenvalue weighted by Gasteiger charge is -2.43. The summed E-state index contributed by atoms with van der Waals surface area (Å²) in [5.74, 6) is 0.0986. The fourth-order valence-corrected chi connectivity index (χ4v) is 9.63. The summed E-state index contributed by atoms with van der Waals surface area (Å²) in [4.78, 5) is 12.7. The zero-order chi connectivity index (χ0) is 29.2. The van der Waals surface area contributed by atoms with Crippen LogP contribution in [0.15, 0.2) is 91.0 Å². The summed E-state index contributed by atoms with van der Waals surface area (Å²) in [6.45, 7) is 16.0. The highest BCUT2D eigenvalue weighted by Crippen LogP contribution is 2.37. The highest BCUT2D eigenvalue weighted by Gasteiger charge is 2.50. The summed E-state index contributed by atoms with van der Waals surface area (Å²) in [6, 6.07) is 31.2. The lowest BCUT2D eigenvalue weighted by Crippen LogP contribution is -2.66. The number of nitrogens with one attached hydrogen (secondary N) is 1. The highest BCUT2D eigenvalue weighted by molar-refractivity contribution is 6.99. The van der Waals surface area contributed by atoms with Crippen LogP contribution in [0, 0.1) is 5.92 Å². The number of hydrogen-bond donors (Lipinski definition) is 1. The second-order valence-electron chi connectivity index (χ2n) is 12.5. The first-order valence-electron chi connectivity index (χ1n) is 14.3. The molecule has 2 atom stereocenters. The van der Waals surface area contributed by atoms with Crippen LogP contribution < -0.4 is 15.7 Å². The summed E-state index contributed by atoms with van der Waals surface area (Å²) in [5.41, 5.74) is 0.524. The van der Waals surface area contributed by atoms with Crippen LogP contribution in [0.5, 0.6) is 0 Å². The van der Waals surface area contributed by atoms with Crippen molar-refractivity contribution in [1.82, 2.24) is 5.32 Å². The van der Waals surface area contributed by atoms with E-state index < -0.39 is 20.0 Å². The van der Waals surface area contributed by atoms with Crippen LogP contribution in [0.4, 0.5) is 4.79 Å². The van der Waals surface area contributed by atoms with Gasteiger partial charge in [0.1, 0.15) is 5.60 Å². The molecule has 1 amide bonds. The van der Waals surface area contributed by atoms with Gasteiger partial charge in [-0.15, -0.1) is 0 Å². The molecule has 0 aromatic heterocycles. The van der Waals surface area contributed by atoms with Gasteiger partial charge in [-0.25, -0.2) is 4.79 Å². The first-order valence-corrected chi connectivity index (χ1v) is 16.2. The fraction of sp³-hybridized carbons (Fsp3) is 0.441. The van der Waals surface area contributed by atoms with E-state index in [-0.39, 0.29) is 17.0 Å². The molecule has 3 aromatic rings. The van der Waals surface area contributed by atoms with E-state index in [0.29, 0.717) is 19.8 Å². The predicted molar refractivity (Wildman–Crippen MR) is 167 cm³/mol. The molecule has 0 heterocycles. The molecule has 0 aliphatic carbocycles. The molecule has 40 heavy (non-hydrogen) atoms. The van der Waals surface area contributed by atoms with Crippen LogP contribution in [0.1, 0.15) is 60.5 Å². The lowest BCUT2D eigenvalue weighted by atomic mass is 9.99. The van der Waals surface area contributed by atoms with Gasteiger partial charge < -0.3 is 19.2 Å². The molecule has 3 aromatic carbocycles. The van der Waals surface area contributed by atoms with Crippen molar-refractivity contribution in [2.45, 2.75) is 78.2 Å². The summed E-state index contributed by atoms with van der Waals surface area (Å²) in [5, 5.41) is 5.50. The van der Waals surface area contributed by atoms with Gasteiger partial charge in [0, 0.05) is 6.61 Å². The number of carbonyl (C=O) groups is 1. The summed E-state index contributed by atoms with van der Waals surface area (Å²) >= 11 is 0. The Balaban J connectivity index is 1.77. The van der Waals surface area contributed by atoms with E-state index in [1.54, 1.807) is 0 Å². The Morgan fingerprint density at radius 2 is 1.30 bits per heavy atom. The molecule has 3 rings (SSSR count). The van der Waals surface area contributed by atoms with E-state index in [9.17, 15) is 4.79 Å². The monoisotopic (exact) mass is 561 g/mol. The van der Waals surface area contributed by atoms with Gasteiger partial charge in [0.05, 0.1) is 19.3 Å². The first-order chi connectivity index (χ1) is 18.9. The van der Waals surface area contributed by atoms with Crippen molar-refractivity contribution in [2.75, 3.05) is 13.2 Å². The summed E-state index contributed by atoms with van der Waals surface area (Å²) < 4.78 is 18.7. The number of rotatable bonds is 12. The van der Waals surface area contributed by atoms with Gasteiger partial charge in [0.25, 0.3) is 8.32 Å². The third kappa shape index (κ3) is 8.78. The average molecular weight is 562 g/mol. The zero-order valence-electron chi connectivity index (χ0n) is 25.3. The Hall–Kier alpha value is -2.93. The van der Waals surface area contributed by atoms with Crippen LogP contribution >= 0.6 is 0 Å². The maximum atomic E-state index is 12.7. The molecule has 0 unspecified atom stereocenters. The van der Waals surface area contributed by atoms with E-state index in [1.807, 2.05) is 51.1 Å². The van der Waals surface area contributed by atoms with Gasteiger partial charge >= 0.3 is 6.09 Å².